The van der Waals surface area contributed by atoms with Gasteiger partial charge in [0.15, 0.2) is 0 Å². The van der Waals surface area contributed by atoms with Crippen molar-refractivity contribution in [3.63, 3.8) is 0 Å². The van der Waals surface area contributed by atoms with Crippen molar-refractivity contribution in [2.24, 2.45) is 0 Å². The predicted molar refractivity (Wildman–Crippen MR) is 93.3 cm³/mol. The Hall–Kier alpha value is -2.38. The van der Waals surface area contributed by atoms with Crippen LogP contribution >= 0.6 is 0 Å². The molecule has 1 aromatic carbocycles. The van der Waals surface area contributed by atoms with Crippen LogP contribution in [0.3, 0.4) is 0 Å². The van der Waals surface area contributed by atoms with Gasteiger partial charge in [-0.05, 0) is 43.7 Å². The predicted octanol–water partition coefficient (Wildman–Crippen LogP) is 2.59. The van der Waals surface area contributed by atoms with Gasteiger partial charge in [0.2, 0.25) is 5.56 Å². The Kier molecular flexibility index (Phi) is 5.26. The van der Waals surface area contributed by atoms with Crippen LogP contribution in [0.15, 0.2) is 52.3 Å². The van der Waals surface area contributed by atoms with Crippen molar-refractivity contribution in [3.05, 3.63) is 69.8 Å². The Morgan fingerprint density at radius 2 is 1.75 bits per heavy atom. The van der Waals surface area contributed by atoms with E-state index in [9.17, 15) is 13.2 Å². The lowest BCUT2D eigenvalue weighted by Gasteiger charge is -2.28. The summed E-state index contributed by atoms with van der Waals surface area (Å²) in [5.74, 6) is 0. The number of aryl methyl sites for hydroxylation is 1. The Labute approximate surface area is 141 Å². The summed E-state index contributed by atoms with van der Waals surface area (Å²) in [4.78, 5) is 15.9. The number of aromatic amines is 1. The molecule has 0 saturated heterocycles. The zero-order valence-corrected chi connectivity index (χ0v) is 14.5. The van der Waals surface area contributed by atoms with E-state index in [0.29, 0.717) is 6.04 Å². The summed E-state index contributed by atoms with van der Waals surface area (Å²) >= 11 is 0. The molecule has 128 valence electrons. The lowest BCUT2D eigenvalue weighted by atomic mass is 10.0. The number of hydrogen-bond acceptors (Lipinski definition) is 4. The number of nitrogens with zero attached hydrogens (tertiary/aromatic N) is 1. The first-order valence-corrected chi connectivity index (χ1v) is 8.80. The lowest BCUT2D eigenvalue weighted by molar-refractivity contribution is 0.356. The topological polar surface area (TPSA) is 90.5 Å². The van der Waals surface area contributed by atoms with E-state index in [-0.39, 0.29) is 10.5 Å². The third kappa shape index (κ3) is 4.33. The average Bonchev–Trinajstić information content (AvgIpc) is 2.51. The number of nitrogens with one attached hydrogen (secondary N) is 1. The average molecular weight is 348 g/mol. The first-order valence-electron chi connectivity index (χ1n) is 7.36. The van der Waals surface area contributed by atoms with Crippen molar-refractivity contribution >= 4 is 16.2 Å². The normalized spacial score (nSPS) is 16.2. The van der Waals surface area contributed by atoms with E-state index < -0.39 is 10.1 Å². The van der Waals surface area contributed by atoms with Crippen LogP contribution in [0.2, 0.25) is 0 Å². The standard InChI is InChI=1S/C10H12N2O.C7H8O3S/c1-7-8-3-4-10(13)11-9(8)5-6-12(7)2;1-6-2-4-7(5-3-6)11(8,9)10/h3-7H,1-2H3,(H,11,13);2-5H,1H3,(H,8,9,10). The fourth-order valence-electron chi connectivity index (χ4n) is 2.25. The molecule has 3 rings (SSSR count). The number of benzene rings is 1. The molecule has 0 fully saturated rings. The highest BCUT2D eigenvalue weighted by Gasteiger charge is 2.16. The minimum Gasteiger partial charge on any atom is -0.374 e. The summed E-state index contributed by atoms with van der Waals surface area (Å²) in [7, 11) is -2.00. The number of pyridine rings is 1. The molecule has 1 aromatic heterocycles. The molecule has 2 aromatic rings. The van der Waals surface area contributed by atoms with E-state index in [0.717, 1.165) is 11.3 Å². The maximum atomic E-state index is 11.0. The Morgan fingerprint density at radius 1 is 1.12 bits per heavy atom. The summed E-state index contributed by atoms with van der Waals surface area (Å²) in [6, 6.07) is 9.78. The van der Waals surface area contributed by atoms with Gasteiger partial charge in [0.25, 0.3) is 10.1 Å². The van der Waals surface area contributed by atoms with Crippen molar-refractivity contribution in [1.29, 1.82) is 0 Å². The number of rotatable bonds is 1. The van der Waals surface area contributed by atoms with Crippen LogP contribution in [-0.4, -0.2) is 29.9 Å². The van der Waals surface area contributed by atoms with Gasteiger partial charge in [-0.2, -0.15) is 8.42 Å². The van der Waals surface area contributed by atoms with Crippen molar-refractivity contribution in [2.75, 3.05) is 7.05 Å². The summed E-state index contributed by atoms with van der Waals surface area (Å²) in [5.41, 5.74) is 3.01. The first-order chi connectivity index (χ1) is 11.2. The summed E-state index contributed by atoms with van der Waals surface area (Å²) in [6.07, 6.45) is 3.90. The summed E-state index contributed by atoms with van der Waals surface area (Å²) in [6.45, 7) is 3.95. The van der Waals surface area contributed by atoms with E-state index in [4.69, 9.17) is 4.55 Å². The molecule has 7 heteroatoms. The number of fused-ring (bicyclic) bond motifs is 1. The Bertz CT molecular complexity index is 899. The lowest BCUT2D eigenvalue weighted by Crippen LogP contribution is -2.22. The first kappa shape index (κ1) is 18.0. The van der Waals surface area contributed by atoms with E-state index >= 15 is 0 Å². The minimum absolute atomic E-state index is 0.0415. The van der Waals surface area contributed by atoms with Crippen molar-refractivity contribution in [2.45, 2.75) is 24.8 Å². The molecule has 0 bridgehead atoms. The third-order valence-electron chi connectivity index (χ3n) is 3.84. The van der Waals surface area contributed by atoms with Crippen molar-refractivity contribution in [3.8, 4) is 0 Å². The molecule has 0 radical (unpaired) electrons. The van der Waals surface area contributed by atoms with Crippen LogP contribution in [0.25, 0.3) is 6.08 Å². The molecule has 6 nitrogen and oxygen atoms in total. The number of H-pyrrole nitrogens is 1. The zero-order chi connectivity index (χ0) is 17.9. The van der Waals surface area contributed by atoms with E-state index in [1.54, 1.807) is 18.2 Å². The molecule has 2 heterocycles. The Balaban J connectivity index is 0.000000177. The monoisotopic (exact) mass is 348 g/mol. The van der Waals surface area contributed by atoms with Crippen LogP contribution in [0.4, 0.5) is 0 Å². The van der Waals surface area contributed by atoms with Gasteiger partial charge in [-0.3, -0.25) is 9.35 Å². The molecular formula is C17H20N2O4S. The molecular weight excluding hydrogens is 328 g/mol. The van der Waals surface area contributed by atoms with Crippen molar-refractivity contribution in [1.82, 2.24) is 9.88 Å². The molecule has 0 aliphatic carbocycles. The molecule has 1 atom stereocenters. The maximum Gasteiger partial charge on any atom is 0.294 e. The van der Waals surface area contributed by atoms with Gasteiger partial charge < -0.3 is 9.88 Å². The van der Waals surface area contributed by atoms with Gasteiger partial charge in [0.05, 0.1) is 10.9 Å². The molecule has 1 unspecified atom stereocenters. The number of hydrogen-bond donors (Lipinski definition) is 2. The smallest absolute Gasteiger partial charge is 0.294 e. The van der Waals surface area contributed by atoms with Crippen LogP contribution in [0.5, 0.6) is 0 Å². The van der Waals surface area contributed by atoms with Crippen LogP contribution in [0, 0.1) is 6.92 Å². The molecule has 1 aliphatic heterocycles. The van der Waals surface area contributed by atoms with Crippen LogP contribution in [-0.2, 0) is 10.1 Å². The fraction of sp³-hybridized carbons (Fsp3) is 0.235. The largest absolute Gasteiger partial charge is 0.374 e. The highest BCUT2D eigenvalue weighted by Crippen LogP contribution is 2.25. The summed E-state index contributed by atoms with van der Waals surface area (Å²) < 4.78 is 29.6. The quantitative estimate of drug-likeness (QED) is 0.773. The van der Waals surface area contributed by atoms with Gasteiger partial charge in [0.1, 0.15) is 0 Å². The van der Waals surface area contributed by atoms with Gasteiger partial charge in [-0.25, -0.2) is 0 Å². The number of aromatic nitrogens is 1. The van der Waals surface area contributed by atoms with Crippen LogP contribution in [0.1, 0.15) is 29.8 Å². The van der Waals surface area contributed by atoms with Gasteiger partial charge in [-0.15, -0.1) is 0 Å². The van der Waals surface area contributed by atoms with Gasteiger partial charge in [-0.1, -0.05) is 17.7 Å². The van der Waals surface area contributed by atoms with Crippen LogP contribution < -0.4 is 5.56 Å². The van der Waals surface area contributed by atoms with E-state index in [1.165, 1.54) is 17.7 Å². The third-order valence-corrected chi connectivity index (χ3v) is 4.71. The van der Waals surface area contributed by atoms with Crippen molar-refractivity contribution < 1.29 is 13.0 Å². The summed E-state index contributed by atoms with van der Waals surface area (Å²) in [5, 5.41) is 0. The zero-order valence-electron chi connectivity index (χ0n) is 13.7. The second-order valence-electron chi connectivity index (χ2n) is 5.64. The van der Waals surface area contributed by atoms with Gasteiger partial charge >= 0.3 is 0 Å². The second-order valence-corrected chi connectivity index (χ2v) is 7.06. The highest BCUT2D eigenvalue weighted by atomic mass is 32.2. The molecule has 0 saturated carbocycles. The Morgan fingerprint density at radius 3 is 2.33 bits per heavy atom. The van der Waals surface area contributed by atoms with Gasteiger partial charge in [0, 0.05) is 25.0 Å². The molecule has 0 amide bonds. The van der Waals surface area contributed by atoms with E-state index in [1.807, 2.05) is 32.3 Å². The highest BCUT2D eigenvalue weighted by molar-refractivity contribution is 7.85. The second kappa shape index (κ2) is 7.02. The molecule has 1 aliphatic rings. The maximum absolute atomic E-state index is 11.0. The molecule has 0 spiro atoms. The minimum atomic E-state index is -4.02. The van der Waals surface area contributed by atoms with E-state index in [2.05, 4.69) is 16.8 Å². The fourth-order valence-corrected chi connectivity index (χ4v) is 2.73. The SMILES string of the molecule is CC1c2ccc(=O)[nH]c2C=CN1C.Cc1ccc(S(=O)(=O)O)cc1. The molecule has 2 N–H and O–H groups in total. The molecule has 24 heavy (non-hydrogen) atoms.